The van der Waals surface area contributed by atoms with Crippen LogP contribution in [0.5, 0.6) is 0 Å². The Morgan fingerprint density at radius 3 is 2.23 bits per heavy atom. The zero-order chi connectivity index (χ0) is 10.0. The number of nitrogens with zero attached hydrogens (tertiary/aromatic N) is 2. The van der Waals surface area contributed by atoms with E-state index in [0.717, 1.165) is 6.07 Å². The average molecular weight is 180 g/mol. The van der Waals surface area contributed by atoms with E-state index in [4.69, 9.17) is 0 Å². The molecule has 66 valence electrons. The van der Waals surface area contributed by atoms with Crippen molar-refractivity contribution in [1.29, 1.82) is 0 Å². The summed E-state index contributed by atoms with van der Waals surface area (Å²) < 4.78 is 0. The lowest BCUT2D eigenvalue weighted by molar-refractivity contribution is -0.393. The molecule has 0 unspecified atom stereocenters. The Balaban J connectivity index is 3.27. The first-order valence-electron chi connectivity index (χ1n) is 3.42. The highest BCUT2D eigenvalue weighted by Gasteiger charge is 2.15. The number of non-ortho nitro benzene ring substituents is 1. The Labute approximate surface area is 73.9 Å². The van der Waals surface area contributed by atoms with Crippen molar-refractivity contribution in [2.45, 2.75) is 0 Å². The fourth-order valence-corrected chi connectivity index (χ4v) is 0.908. The third-order valence-corrected chi connectivity index (χ3v) is 1.60. The van der Waals surface area contributed by atoms with Gasteiger partial charge in [-0.25, -0.2) is 0 Å². The minimum atomic E-state index is -0.660. The molecule has 6 nitrogen and oxygen atoms in total. The highest BCUT2D eigenvalue weighted by molar-refractivity contribution is 6.35. The van der Waals surface area contributed by atoms with Gasteiger partial charge in [0, 0.05) is 6.07 Å². The fourth-order valence-electron chi connectivity index (χ4n) is 0.908. The lowest BCUT2D eigenvalue weighted by Gasteiger charge is -1.95. The molecule has 0 aliphatic rings. The molecule has 0 fully saturated rings. The molecule has 0 heterocycles. The summed E-state index contributed by atoms with van der Waals surface area (Å²) in [7, 11) is 1.53. The Morgan fingerprint density at radius 1 is 1.15 bits per heavy atom. The van der Waals surface area contributed by atoms with Gasteiger partial charge in [-0.3, -0.25) is 20.2 Å². The van der Waals surface area contributed by atoms with Crippen molar-refractivity contribution in [3.05, 3.63) is 38.4 Å². The van der Waals surface area contributed by atoms with Crippen molar-refractivity contribution in [3.63, 3.8) is 0 Å². The van der Waals surface area contributed by atoms with Gasteiger partial charge in [0.25, 0.3) is 11.4 Å². The Hall–Kier alpha value is -1.92. The van der Waals surface area contributed by atoms with Gasteiger partial charge in [-0.05, 0) is 5.46 Å². The molecule has 0 amide bonds. The van der Waals surface area contributed by atoms with Crippen LogP contribution in [0.3, 0.4) is 0 Å². The third kappa shape index (κ3) is 1.81. The first kappa shape index (κ1) is 9.18. The summed E-state index contributed by atoms with van der Waals surface area (Å²) >= 11 is 0. The summed E-state index contributed by atoms with van der Waals surface area (Å²) in [6, 6.07) is 3.55. The molecule has 1 rings (SSSR count). The quantitative estimate of drug-likeness (QED) is 0.357. The molecule has 0 N–H and O–H groups in total. The largest absolute Gasteiger partial charge is 0.276 e. The topological polar surface area (TPSA) is 86.3 Å². The number of nitro groups is 2. The molecule has 0 aromatic heterocycles. The molecular weight excluding hydrogens is 175 g/mol. The van der Waals surface area contributed by atoms with E-state index in [2.05, 4.69) is 0 Å². The standard InChI is InChI=1S/C6H5BN2O4/c7-5-2-1-4(8(10)11)3-6(5)9(12)13/h1-3H,7H2. The predicted octanol–water partition coefficient (Wildman–Crippen LogP) is -0.239. The van der Waals surface area contributed by atoms with Crippen molar-refractivity contribution in [2.75, 3.05) is 0 Å². The average Bonchev–Trinajstić information content (AvgIpc) is 2.04. The maximum Gasteiger partial charge on any atom is 0.276 e. The molecular formula is C6H5BN2O4. The van der Waals surface area contributed by atoms with Crippen LogP contribution in [-0.4, -0.2) is 17.7 Å². The number of hydrogen-bond acceptors (Lipinski definition) is 4. The van der Waals surface area contributed by atoms with Crippen molar-refractivity contribution in [3.8, 4) is 0 Å². The second-order valence-electron chi connectivity index (χ2n) is 2.49. The SMILES string of the molecule is Bc1ccc([N+](=O)[O-])cc1[N+](=O)[O-]. The van der Waals surface area contributed by atoms with Crippen molar-refractivity contribution in [1.82, 2.24) is 0 Å². The number of benzene rings is 1. The van der Waals surface area contributed by atoms with E-state index >= 15 is 0 Å². The second kappa shape index (κ2) is 3.22. The van der Waals surface area contributed by atoms with E-state index < -0.39 is 9.85 Å². The molecule has 0 aliphatic heterocycles. The maximum atomic E-state index is 10.4. The van der Waals surface area contributed by atoms with Gasteiger partial charge in [-0.1, -0.05) is 6.07 Å². The van der Waals surface area contributed by atoms with Gasteiger partial charge in [-0.2, -0.15) is 0 Å². The van der Waals surface area contributed by atoms with Crippen molar-refractivity contribution >= 4 is 24.7 Å². The van der Waals surface area contributed by atoms with Crippen LogP contribution in [0.25, 0.3) is 0 Å². The van der Waals surface area contributed by atoms with Crippen LogP contribution in [0.15, 0.2) is 18.2 Å². The van der Waals surface area contributed by atoms with Gasteiger partial charge >= 0.3 is 0 Å². The molecule has 0 aliphatic carbocycles. The predicted molar refractivity (Wildman–Crippen MR) is 47.9 cm³/mol. The third-order valence-electron chi connectivity index (χ3n) is 1.60. The first-order chi connectivity index (χ1) is 6.02. The summed E-state index contributed by atoms with van der Waals surface area (Å²) in [6.45, 7) is 0. The maximum absolute atomic E-state index is 10.4. The fraction of sp³-hybridized carbons (Fsp3) is 0. The lowest BCUT2D eigenvalue weighted by Crippen LogP contribution is -2.09. The minimum absolute atomic E-state index is 0.228. The van der Waals surface area contributed by atoms with Crippen LogP contribution in [0.1, 0.15) is 0 Å². The lowest BCUT2D eigenvalue weighted by atomic mass is 9.94. The van der Waals surface area contributed by atoms with Crippen LogP contribution >= 0.6 is 0 Å². The van der Waals surface area contributed by atoms with Gasteiger partial charge in [0.05, 0.1) is 15.9 Å². The van der Waals surface area contributed by atoms with E-state index in [1.165, 1.54) is 20.0 Å². The van der Waals surface area contributed by atoms with Crippen LogP contribution in [-0.2, 0) is 0 Å². The summed E-state index contributed by atoms with van der Waals surface area (Å²) in [4.78, 5) is 19.4. The molecule has 0 spiro atoms. The molecule has 0 saturated carbocycles. The van der Waals surface area contributed by atoms with Crippen LogP contribution in [0, 0.1) is 20.2 Å². The van der Waals surface area contributed by atoms with Crippen molar-refractivity contribution < 1.29 is 9.85 Å². The summed E-state index contributed by atoms with van der Waals surface area (Å²) in [5, 5.41) is 20.6. The van der Waals surface area contributed by atoms with Gasteiger partial charge in [0.15, 0.2) is 0 Å². The summed E-state index contributed by atoms with van der Waals surface area (Å²) in [5.74, 6) is 0. The van der Waals surface area contributed by atoms with Crippen LogP contribution < -0.4 is 5.46 Å². The van der Waals surface area contributed by atoms with Gasteiger partial charge in [0.1, 0.15) is 7.85 Å². The molecule has 1 aromatic carbocycles. The molecule has 0 saturated heterocycles. The molecule has 0 atom stereocenters. The summed E-state index contributed by atoms with van der Waals surface area (Å²) in [6.07, 6.45) is 0. The zero-order valence-corrected chi connectivity index (χ0v) is 6.76. The molecule has 7 heteroatoms. The van der Waals surface area contributed by atoms with Gasteiger partial charge in [0.2, 0.25) is 0 Å². The number of rotatable bonds is 2. The summed E-state index contributed by atoms with van der Waals surface area (Å²) in [5.41, 5.74) is -0.0814. The van der Waals surface area contributed by atoms with Gasteiger partial charge in [-0.15, -0.1) is 0 Å². The molecule has 0 radical (unpaired) electrons. The molecule has 0 bridgehead atoms. The first-order valence-corrected chi connectivity index (χ1v) is 3.42. The van der Waals surface area contributed by atoms with E-state index in [9.17, 15) is 20.2 Å². The number of nitro benzene ring substituents is 2. The Bertz CT molecular complexity index is 379. The molecule has 1 aromatic rings. The monoisotopic (exact) mass is 180 g/mol. The smallest absolute Gasteiger partial charge is 0.258 e. The van der Waals surface area contributed by atoms with Crippen molar-refractivity contribution in [2.24, 2.45) is 0 Å². The number of hydrogen-bond donors (Lipinski definition) is 0. The van der Waals surface area contributed by atoms with Crippen LogP contribution in [0.4, 0.5) is 11.4 Å². The molecule has 13 heavy (non-hydrogen) atoms. The van der Waals surface area contributed by atoms with E-state index in [-0.39, 0.29) is 11.4 Å². The second-order valence-corrected chi connectivity index (χ2v) is 2.49. The van der Waals surface area contributed by atoms with Crippen LogP contribution in [0.2, 0.25) is 0 Å². The zero-order valence-electron chi connectivity index (χ0n) is 6.76. The normalized spacial score (nSPS) is 9.54. The Kier molecular flexibility index (Phi) is 2.27. The highest BCUT2D eigenvalue weighted by atomic mass is 16.6. The minimum Gasteiger partial charge on any atom is -0.258 e. The van der Waals surface area contributed by atoms with E-state index in [0.29, 0.717) is 5.46 Å². The Morgan fingerprint density at radius 2 is 1.77 bits per heavy atom. The van der Waals surface area contributed by atoms with E-state index in [1.54, 1.807) is 0 Å². The van der Waals surface area contributed by atoms with Gasteiger partial charge < -0.3 is 0 Å². The highest BCUT2D eigenvalue weighted by Crippen LogP contribution is 2.16. The van der Waals surface area contributed by atoms with E-state index in [1.807, 2.05) is 0 Å².